The summed E-state index contributed by atoms with van der Waals surface area (Å²) < 4.78 is 11.2. The third kappa shape index (κ3) is 2.10. The molecule has 4 nitrogen and oxygen atoms in total. The molecule has 0 bridgehead atoms. The molecule has 1 aliphatic rings. The van der Waals surface area contributed by atoms with Crippen LogP contribution in [0, 0.1) is 0 Å². The van der Waals surface area contributed by atoms with Gasteiger partial charge in [-0.05, 0) is 36.2 Å². The maximum atomic E-state index is 9.99. The van der Waals surface area contributed by atoms with Crippen LogP contribution in [0.5, 0.6) is 17.2 Å². The zero-order valence-corrected chi connectivity index (χ0v) is 10.8. The van der Waals surface area contributed by atoms with Gasteiger partial charge in [0.25, 0.3) is 0 Å². The second kappa shape index (κ2) is 3.82. The van der Waals surface area contributed by atoms with E-state index in [1.807, 2.05) is 13.8 Å². The van der Waals surface area contributed by atoms with Crippen molar-refractivity contribution < 1.29 is 14.6 Å². The van der Waals surface area contributed by atoms with Crippen LogP contribution in [0.2, 0.25) is 0 Å². The maximum Gasteiger partial charge on any atom is 0.231 e. The lowest BCUT2D eigenvalue weighted by Crippen LogP contribution is -2.34. The zero-order valence-electron chi connectivity index (χ0n) is 9.21. The predicted octanol–water partition coefficient (Wildman–Crippen LogP) is 2.16. The zero-order chi connectivity index (χ0) is 11.9. The minimum Gasteiger partial charge on any atom is -0.506 e. The molecule has 1 heterocycles. The van der Waals surface area contributed by atoms with Crippen LogP contribution in [-0.2, 0) is 6.42 Å². The number of rotatable bonds is 2. The van der Waals surface area contributed by atoms with Gasteiger partial charge in [-0.15, -0.1) is 0 Å². The highest BCUT2D eigenvalue weighted by Crippen LogP contribution is 2.45. The molecule has 0 unspecified atom stereocenters. The quantitative estimate of drug-likeness (QED) is 0.875. The van der Waals surface area contributed by atoms with Gasteiger partial charge in [-0.3, -0.25) is 0 Å². The van der Waals surface area contributed by atoms with Crippen molar-refractivity contribution in [3.05, 3.63) is 16.1 Å². The summed E-state index contributed by atoms with van der Waals surface area (Å²) in [4.78, 5) is 0. The largest absolute Gasteiger partial charge is 0.506 e. The van der Waals surface area contributed by atoms with E-state index in [2.05, 4.69) is 15.9 Å². The molecule has 0 atom stereocenters. The lowest BCUT2D eigenvalue weighted by atomic mass is 9.94. The van der Waals surface area contributed by atoms with Gasteiger partial charge in [0.1, 0.15) is 5.75 Å². The molecule has 5 heteroatoms. The Kier molecular flexibility index (Phi) is 2.75. The first-order valence-electron chi connectivity index (χ1n) is 4.97. The standard InChI is InChI=1S/C11H14BrNO3/c1-11(2,13)4-6-9(14)7(12)3-8-10(6)16-5-15-8/h3,14H,4-5,13H2,1-2H3. The smallest absolute Gasteiger partial charge is 0.231 e. The number of hydrogen-bond acceptors (Lipinski definition) is 4. The van der Waals surface area contributed by atoms with Crippen LogP contribution >= 0.6 is 15.9 Å². The maximum absolute atomic E-state index is 9.99. The molecule has 0 amide bonds. The molecule has 0 aliphatic carbocycles. The van der Waals surface area contributed by atoms with Crippen LogP contribution in [0.15, 0.2) is 10.5 Å². The molecule has 1 aliphatic heterocycles. The summed E-state index contributed by atoms with van der Waals surface area (Å²) in [6.45, 7) is 3.98. The Hall–Kier alpha value is -0.940. The Morgan fingerprint density at radius 1 is 1.50 bits per heavy atom. The Bertz CT molecular complexity index is 426. The molecular formula is C11H14BrNO3. The molecule has 0 saturated heterocycles. The number of nitrogens with two attached hydrogens (primary N) is 1. The summed E-state index contributed by atoms with van der Waals surface area (Å²) in [6.07, 6.45) is 0.518. The molecule has 0 spiro atoms. The van der Waals surface area contributed by atoms with E-state index in [-0.39, 0.29) is 12.5 Å². The minimum absolute atomic E-state index is 0.169. The van der Waals surface area contributed by atoms with Gasteiger partial charge < -0.3 is 20.3 Å². The van der Waals surface area contributed by atoms with E-state index >= 15 is 0 Å². The molecule has 0 radical (unpaired) electrons. The van der Waals surface area contributed by atoms with Gasteiger partial charge in [-0.25, -0.2) is 0 Å². The summed E-state index contributed by atoms with van der Waals surface area (Å²) in [5.41, 5.74) is 6.23. The molecule has 1 aromatic carbocycles. The van der Waals surface area contributed by atoms with Crippen LogP contribution in [-0.4, -0.2) is 17.4 Å². The number of phenols is 1. The first-order chi connectivity index (χ1) is 7.38. The summed E-state index contributed by atoms with van der Waals surface area (Å²) in [6, 6.07) is 1.70. The number of halogens is 1. The Balaban J connectivity index is 2.50. The van der Waals surface area contributed by atoms with Crippen molar-refractivity contribution in [2.45, 2.75) is 25.8 Å². The average molecular weight is 288 g/mol. The monoisotopic (exact) mass is 287 g/mol. The molecule has 2 rings (SSSR count). The van der Waals surface area contributed by atoms with Gasteiger partial charge in [-0.2, -0.15) is 0 Å². The van der Waals surface area contributed by atoms with Crippen molar-refractivity contribution in [2.24, 2.45) is 5.73 Å². The number of ether oxygens (including phenoxy) is 2. The number of phenolic OH excluding ortho intramolecular Hbond substituents is 1. The summed E-state index contributed by atoms with van der Waals surface area (Å²) in [5.74, 6) is 1.41. The van der Waals surface area contributed by atoms with Gasteiger partial charge in [0.15, 0.2) is 11.5 Å². The fourth-order valence-electron chi connectivity index (χ4n) is 1.69. The summed E-state index contributed by atoms with van der Waals surface area (Å²) >= 11 is 3.28. The Morgan fingerprint density at radius 2 is 2.19 bits per heavy atom. The molecule has 0 aromatic heterocycles. The third-order valence-electron chi connectivity index (χ3n) is 2.32. The molecule has 0 saturated carbocycles. The molecule has 3 N–H and O–H groups in total. The van der Waals surface area contributed by atoms with Gasteiger partial charge >= 0.3 is 0 Å². The number of benzene rings is 1. The van der Waals surface area contributed by atoms with Crippen LogP contribution < -0.4 is 15.2 Å². The van der Waals surface area contributed by atoms with E-state index in [0.29, 0.717) is 28.0 Å². The summed E-state index contributed by atoms with van der Waals surface area (Å²) in [7, 11) is 0. The Morgan fingerprint density at radius 3 is 2.81 bits per heavy atom. The molecule has 1 aromatic rings. The van der Waals surface area contributed by atoms with Crippen LogP contribution in [0.4, 0.5) is 0 Å². The van der Waals surface area contributed by atoms with Gasteiger partial charge in [0.2, 0.25) is 6.79 Å². The minimum atomic E-state index is -0.419. The van der Waals surface area contributed by atoms with Crippen molar-refractivity contribution >= 4 is 15.9 Å². The normalized spacial score (nSPS) is 14.2. The number of hydrogen-bond donors (Lipinski definition) is 2. The lowest BCUT2D eigenvalue weighted by molar-refractivity contribution is 0.173. The SMILES string of the molecule is CC(C)(N)Cc1c(O)c(Br)cc2c1OCO2. The van der Waals surface area contributed by atoms with E-state index in [0.717, 1.165) is 0 Å². The Labute approximate surface area is 102 Å². The first kappa shape index (κ1) is 11.5. The predicted molar refractivity (Wildman–Crippen MR) is 63.9 cm³/mol. The fraction of sp³-hybridized carbons (Fsp3) is 0.455. The van der Waals surface area contributed by atoms with Gasteiger partial charge in [-0.1, -0.05) is 0 Å². The first-order valence-corrected chi connectivity index (χ1v) is 5.76. The highest BCUT2D eigenvalue weighted by atomic mass is 79.9. The highest BCUT2D eigenvalue weighted by Gasteiger charge is 2.26. The van der Waals surface area contributed by atoms with E-state index in [1.165, 1.54) is 0 Å². The highest BCUT2D eigenvalue weighted by molar-refractivity contribution is 9.10. The molecule has 88 valence electrons. The average Bonchev–Trinajstić information content (AvgIpc) is 2.58. The van der Waals surface area contributed by atoms with Crippen molar-refractivity contribution in [2.75, 3.05) is 6.79 Å². The van der Waals surface area contributed by atoms with E-state index in [1.54, 1.807) is 6.07 Å². The third-order valence-corrected chi connectivity index (χ3v) is 2.92. The molecule has 16 heavy (non-hydrogen) atoms. The van der Waals surface area contributed by atoms with E-state index in [9.17, 15) is 5.11 Å². The number of fused-ring (bicyclic) bond motifs is 1. The van der Waals surface area contributed by atoms with Crippen molar-refractivity contribution in [1.82, 2.24) is 0 Å². The van der Waals surface area contributed by atoms with Crippen molar-refractivity contribution in [1.29, 1.82) is 0 Å². The summed E-state index contributed by atoms with van der Waals surface area (Å²) in [5, 5.41) is 9.99. The molecule has 0 fully saturated rings. The van der Waals surface area contributed by atoms with E-state index < -0.39 is 5.54 Å². The van der Waals surface area contributed by atoms with Crippen LogP contribution in [0.1, 0.15) is 19.4 Å². The van der Waals surface area contributed by atoms with Crippen molar-refractivity contribution in [3.8, 4) is 17.2 Å². The van der Waals surface area contributed by atoms with Crippen LogP contribution in [0.25, 0.3) is 0 Å². The van der Waals surface area contributed by atoms with Gasteiger partial charge in [0.05, 0.1) is 4.47 Å². The second-order valence-electron chi connectivity index (χ2n) is 4.58. The lowest BCUT2D eigenvalue weighted by Gasteiger charge is -2.20. The molecular weight excluding hydrogens is 274 g/mol. The van der Waals surface area contributed by atoms with Crippen molar-refractivity contribution in [3.63, 3.8) is 0 Å². The topological polar surface area (TPSA) is 64.7 Å². The number of aromatic hydroxyl groups is 1. The van der Waals surface area contributed by atoms with E-state index in [4.69, 9.17) is 15.2 Å². The van der Waals surface area contributed by atoms with Gasteiger partial charge in [0, 0.05) is 17.2 Å². The fourth-order valence-corrected chi connectivity index (χ4v) is 2.13. The van der Waals surface area contributed by atoms with Crippen LogP contribution in [0.3, 0.4) is 0 Å². The second-order valence-corrected chi connectivity index (χ2v) is 5.44.